The molecule has 9 atom stereocenters. The Morgan fingerprint density at radius 1 is 0.865 bits per heavy atom. The van der Waals surface area contributed by atoms with Crippen LogP contribution < -0.4 is 10.1 Å². The molecule has 1 amide bonds. The zero-order valence-corrected chi connectivity index (χ0v) is 21.4. The number of ether oxygens (including phenoxy) is 1. The van der Waals surface area contributed by atoms with Crippen LogP contribution >= 0.6 is 0 Å². The molecule has 5 nitrogen and oxygen atoms in total. The molecule has 5 heteroatoms. The van der Waals surface area contributed by atoms with Gasteiger partial charge in [0, 0.05) is 22.2 Å². The molecule has 37 heavy (non-hydrogen) atoms. The number of benzene rings is 2. The first-order chi connectivity index (χ1) is 17.9. The highest BCUT2D eigenvalue weighted by Crippen LogP contribution is 2.82. The second kappa shape index (κ2) is 7.39. The Balaban J connectivity index is 1.19. The summed E-state index contributed by atoms with van der Waals surface area (Å²) >= 11 is 0. The van der Waals surface area contributed by atoms with E-state index in [1.807, 2.05) is 12.1 Å². The number of hydrogen-bond acceptors (Lipinski definition) is 3. The third kappa shape index (κ3) is 2.86. The van der Waals surface area contributed by atoms with E-state index in [2.05, 4.69) is 11.4 Å². The van der Waals surface area contributed by atoms with Crippen molar-refractivity contribution in [3.05, 3.63) is 59.2 Å². The SMILES string of the molecule is COc1ccc(C(=O)Nc2ccc(C(=O)O)cc2)cc1C12CC3CC(C1)C1C4CC5CC(C4)C2C1(C5)C3. The average Bonchev–Trinajstić information content (AvgIpc) is 2.87. The molecular weight excluding hydrogens is 462 g/mol. The number of amides is 1. The topological polar surface area (TPSA) is 75.6 Å². The highest BCUT2D eigenvalue weighted by molar-refractivity contribution is 6.04. The number of carboxylic acid groups (broad SMARTS) is 1. The molecule has 10 rings (SSSR count). The maximum Gasteiger partial charge on any atom is 0.335 e. The Morgan fingerprint density at radius 2 is 1.59 bits per heavy atom. The highest BCUT2D eigenvalue weighted by atomic mass is 16.5. The van der Waals surface area contributed by atoms with Crippen LogP contribution in [0.5, 0.6) is 5.75 Å². The van der Waals surface area contributed by atoms with E-state index in [1.54, 1.807) is 19.2 Å². The van der Waals surface area contributed by atoms with Gasteiger partial charge in [-0.1, -0.05) is 0 Å². The van der Waals surface area contributed by atoms with Crippen LogP contribution in [0.1, 0.15) is 77.6 Å². The lowest BCUT2D eigenvalue weighted by Crippen LogP contribution is -2.73. The number of methoxy groups -OCH3 is 1. The summed E-state index contributed by atoms with van der Waals surface area (Å²) in [6.45, 7) is 0. The molecule has 0 aliphatic heterocycles. The van der Waals surface area contributed by atoms with Crippen molar-refractivity contribution in [2.24, 2.45) is 46.8 Å². The molecule has 9 bridgehead atoms. The van der Waals surface area contributed by atoms with Gasteiger partial charge in [0.25, 0.3) is 5.91 Å². The summed E-state index contributed by atoms with van der Waals surface area (Å²) in [6.07, 6.45) is 11.2. The number of carbonyl (C=O) groups excluding carboxylic acids is 1. The fourth-order valence-corrected chi connectivity index (χ4v) is 11.8. The molecule has 0 heterocycles. The van der Waals surface area contributed by atoms with Gasteiger partial charge >= 0.3 is 5.97 Å². The smallest absolute Gasteiger partial charge is 0.335 e. The van der Waals surface area contributed by atoms with Crippen molar-refractivity contribution >= 4 is 17.6 Å². The summed E-state index contributed by atoms with van der Waals surface area (Å²) in [4.78, 5) is 24.6. The van der Waals surface area contributed by atoms with Gasteiger partial charge in [0.1, 0.15) is 5.75 Å². The summed E-state index contributed by atoms with van der Waals surface area (Å²) in [5, 5.41) is 12.2. The quantitative estimate of drug-likeness (QED) is 0.502. The van der Waals surface area contributed by atoms with Crippen molar-refractivity contribution in [1.82, 2.24) is 0 Å². The summed E-state index contributed by atoms with van der Waals surface area (Å²) in [5.41, 5.74) is 3.42. The number of carboxylic acids is 1. The lowest BCUT2D eigenvalue weighted by molar-refractivity contribution is -0.286. The van der Waals surface area contributed by atoms with Gasteiger partial charge in [-0.25, -0.2) is 4.79 Å². The molecule has 2 aromatic rings. The van der Waals surface area contributed by atoms with E-state index in [-0.39, 0.29) is 16.9 Å². The van der Waals surface area contributed by atoms with Gasteiger partial charge in [0.15, 0.2) is 0 Å². The normalized spacial score (nSPS) is 41.6. The minimum Gasteiger partial charge on any atom is -0.496 e. The van der Waals surface area contributed by atoms with Gasteiger partial charge in [-0.15, -0.1) is 0 Å². The van der Waals surface area contributed by atoms with Gasteiger partial charge in [-0.2, -0.15) is 0 Å². The number of nitrogens with one attached hydrogen (secondary N) is 1. The van der Waals surface area contributed by atoms with Crippen LogP contribution in [-0.4, -0.2) is 24.1 Å². The Bertz CT molecular complexity index is 1310. The Labute approximate surface area is 218 Å². The van der Waals surface area contributed by atoms with Gasteiger partial charge in [-0.3, -0.25) is 4.79 Å². The molecule has 1 spiro atoms. The van der Waals surface area contributed by atoms with Crippen molar-refractivity contribution in [2.45, 2.75) is 56.8 Å². The molecular formula is C32H35NO4. The molecule has 8 aliphatic rings. The largest absolute Gasteiger partial charge is 0.496 e. The molecule has 0 radical (unpaired) electrons. The molecule has 2 N–H and O–H groups in total. The van der Waals surface area contributed by atoms with Crippen LogP contribution in [0.4, 0.5) is 5.69 Å². The first-order valence-electron chi connectivity index (χ1n) is 14.2. The first-order valence-corrected chi connectivity index (χ1v) is 14.2. The summed E-state index contributed by atoms with van der Waals surface area (Å²) < 4.78 is 6.02. The van der Waals surface area contributed by atoms with Gasteiger partial charge in [0.2, 0.25) is 0 Å². The molecule has 8 aliphatic carbocycles. The predicted octanol–water partition coefficient (Wildman–Crippen LogP) is 6.39. The van der Waals surface area contributed by atoms with Gasteiger partial charge < -0.3 is 15.2 Å². The summed E-state index contributed by atoms with van der Waals surface area (Å²) in [6, 6.07) is 12.4. The molecule has 0 aromatic heterocycles. The maximum atomic E-state index is 13.4. The number of anilines is 1. The monoisotopic (exact) mass is 497 g/mol. The van der Waals surface area contributed by atoms with Crippen molar-refractivity contribution < 1.29 is 19.4 Å². The van der Waals surface area contributed by atoms with E-state index in [0.717, 1.165) is 47.2 Å². The average molecular weight is 498 g/mol. The van der Waals surface area contributed by atoms with Crippen LogP contribution in [0, 0.1) is 46.8 Å². The van der Waals surface area contributed by atoms with Crippen molar-refractivity contribution in [1.29, 1.82) is 0 Å². The Kier molecular flexibility index (Phi) is 4.43. The van der Waals surface area contributed by atoms with Crippen LogP contribution in [0.15, 0.2) is 42.5 Å². The fraction of sp³-hybridized carbons (Fsp3) is 0.562. The number of hydrogen-bond donors (Lipinski definition) is 2. The number of aromatic carboxylic acids is 1. The van der Waals surface area contributed by atoms with Crippen molar-refractivity contribution in [3.63, 3.8) is 0 Å². The van der Waals surface area contributed by atoms with Crippen molar-refractivity contribution in [2.75, 3.05) is 12.4 Å². The van der Waals surface area contributed by atoms with Gasteiger partial charge in [-0.05, 0) is 141 Å². The van der Waals surface area contributed by atoms with Crippen LogP contribution in [0.25, 0.3) is 0 Å². The second-order valence-corrected chi connectivity index (χ2v) is 13.4. The van der Waals surface area contributed by atoms with E-state index < -0.39 is 5.97 Å². The van der Waals surface area contributed by atoms with Gasteiger partial charge in [0.05, 0.1) is 12.7 Å². The number of carbonyl (C=O) groups is 2. The van der Waals surface area contributed by atoms with E-state index in [1.165, 1.54) is 69.1 Å². The van der Waals surface area contributed by atoms with E-state index in [0.29, 0.717) is 16.7 Å². The maximum absolute atomic E-state index is 13.4. The van der Waals surface area contributed by atoms with Crippen LogP contribution in [-0.2, 0) is 5.41 Å². The molecule has 2 aromatic carbocycles. The highest BCUT2D eigenvalue weighted by Gasteiger charge is 2.75. The number of rotatable bonds is 5. The third-order valence-electron chi connectivity index (χ3n) is 11.9. The van der Waals surface area contributed by atoms with E-state index in [4.69, 9.17) is 4.74 Å². The molecule has 8 saturated carbocycles. The third-order valence-corrected chi connectivity index (χ3v) is 11.9. The van der Waals surface area contributed by atoms with E-state index >= 15 is 0 Å². The minimum atomic E-state index is -0.972. The summed E-state index contributed by atoms with van der Waals surface area (Å²) in [7, 11) is 1.78. The van der Waals surface area contributed by atoms with Crippen LogP contribution in [0.2, 0.25) is 0 Å². The molecule has 8 fully saturated rings. The van der Waals surface area contributed by atoms with Crippen LogP contribution in [0.3, 0.4) is 0 Å². The minimum absolute atomic E-state index is 0.130. The Morgan fingerprint density at radius 3 is 2.38 bits per heavy atom. The predicted molar refractivity (Wildman–Crippen MR) is 140 cm³/mol. The molecule has 192 valence electrons. The summed E-state index contributed by atoms with van der Waals surface area (Å²) in [5.74, 6) is 5.93. The van der Waals surface area contributed by atoms with Crippen molar-refractivity contribution in [3.8, 4) is 5.75 Å². The zero-order chi connectivity index (χ0) is 25.1. The lowest BCUT2D eigenvalue weighted by Gasteiger charge is -2.79. The lowest BCUT2D eigenvalue weighted by atomic mass is 9.25. The molecule has 0 saturated heterocycles. The Hall–Kier alpha value is -2.82. The second-order valence-electron chi connectivity index (χ2n) is 13.4. The fourth-order valence-electron chi connectivity index (χ4n) is 11.8. The standard InChI is InChI=1S/C32H35NO4/c1-37-26-7-4-20(29(34)33-24-5-2-19(3-6-24)30(35)36)12-25(26)31-14-18-10-23(16-31)27-21-8-17-9-22(11-21)28(31)32(27,13-17)15-18/h2-7,12,17-18,21-23,27-28H,8-11,13-16H2,1H3,(H,33,34)(H,35,36). The molecule has 9 unspecified atom stereocenters. The zero-order valence-electron chi connectivity index (χ0n) is 21.4. The van der Waals surface area contributed by atoms with E-state index in [9.17, 15) is 14.7 Å². The first kappa shape index (κ1) is 22.2.